The minimum absolute atomic E-state index is 0.0876. The van der Waals surface area contributed by atoms with Gasteiger partial charge < -0.3 is 10.6 Å². The summed E-state index contributed by atoms with van der Waals surface area (Å²) in [6.07, 6.45) is 0.661. The van der Waals surface area contributed by atoms with Gasteiger partial charge in [-0.15, -0.1) is 0 Å². The number of rotatable bonds is 4. The number of amides is 2. The Balaban J connectivity index is 1.35. The zero-order chi connectivity index (χ0) is 18.1. The summed E-state index contributed by atoms with van der Waals surface area (Å²) in [6, 6.07) is 9.27. The highest BCUT2D eigenvalue weighted by Gasteiger charge is 2.52. The van der Waals surface area contributed by atoms with Crippen molar-refractivity contribution in [2.75, 3.05) is 6.54 Å². The summed E-state index contributed by atoms with van der Waals surface area (Å²) in [5.41, 5.74) is 7.14. The fourth-order valence-corrected chi connectivity index (χ4v) is 4.16. The first-order chi connectivity index (χ1) is 12.6. The lowest BCUT2D eigenvalue weighted by Crippen LogP contribution is -2.67. The molecule has 3 aliphatic rings. The highest BCUT2D eigenvalue weighted by molar-refractivity contribution is 5.86. The Hall–Kier alpha value is -2.03. The Bertz CT molecular complexity index is 673. The maximum atomic E-state index is 13.7. The van der Waals surface area contributed by atoms with Crippen molar-refractivity contribution in [1.29, 1.82) is 0 Å². The number of carbonyl (C=O) groups excluding carboxylic acids is 2. The molecule has 0 aromatic heterocycles. The van der Waals surface area contributed by atoms with Crippen LogP contribution in [0.3, 0.4) is 0 Å². The van der Waals surface area contributed by atoms with Crippen LogP contribution in [0.5, 0.6) is 0 Å². The number of halogens is 1. The van der Waals surface area contributed by atoms with Crippen LogP contribution < -0.4 is 21.6 Å². The van der Waals surface area contributed by atoms with Crippen molar-refractivity contribution < 1.29 is 14.0 Å². The minimum atomic E-state index is -0.925. The molecule has 2 amide bonds. The van der Waals surface area contributed by atoms with Gasteiger partial charge in [-0.25, -0.2) is 14.8 Å². The van der Waals surface area contributed by atoms with Gasteiger partial charge >= 0.3 is 0 Å². The number of hydrogen-bond acceptors (Lipinski definition) is 5. The van der Waals surface area contributed by atoms with Crippen LogP contribution in [0.2, 0.25) is 0 Å². The van der Waals surface area contributed by atoms with Crippen molar-refractivity contribution in [3.05, 3.63) is 35.9 Å². The molecule has 0 spiro atoms. The van der Waals surface area contributed by atoms with Gasteiger partial charge in [0.1, 0.15) is 18.4 Å². The zero-order valence-corrected chi connectivity index (χ0v) is 14.5. The summed E-state index contributed by atoms with van der Waals surface area (Å²) in [6.45, 7) is 0.525. The minimum Gasteiger partial charge on any atom is -0.354 e. The average molecular weight is 361 g/mol. The third kappa shape index (κ3) is 3.32. The molecule has 4 N–H and O–H groups in total. The largest absolute Gasteiger partial charge is 0.354 e. The van der Waals surface area contributed by atoms with E-state index in [0.29, 0.717) is 19.4 Å². The van der Waals surface area contributed by atoms with Gasteiger partial charge in [-0.3, -0.25) is 9.59 Å². The smallest absolute Gasteiger partial charge is 0.242 e. The van der Waals surface area contributed by atoms with Gasteiger partial charge in [0.2, 0.25) is 11.8 Å². The van der Waals surface area contributed by atoms with E-state index in [4.69, 9.17) is 0 Å². The van der Waals surface area contributed by atoms with E-state index in [-0.39, 0.29) is 30.2 Å². The van der Waals surface area contributed by atoms with Crippen LogP contribution >= 0.6 is 0 Å². The van der Waals surface area contributed by atoms with Crippen LogP contribution in [-0.2, 0) is 16.0 Å². The lowest BCUT2D eigenvalue weighted by molar-refractivity contribution is -0.141. The first kappa shape index (κ1) is 17.4. The maximum absolute atomic E-state index is 13.7. The fourth-order valence-electron chi connectivity index (χ4n) is 4.16. The summed E-state index contributed by atoms with van der Waals surface area (Å²) >= 11 is 0. The molecule has 8 heteroatoms. The highest BCUT2D eigenvalue weighted by Crippen LogP contribution is 2.34. The highest BCUT2D eigenvalue weighted by atomic mass is 19.1. The van der Waals surface area contributed by atoms with E-state index < -0.39 is 18.4 Å². The number of carbonyl (C=O) groups is 2. The van der Waals surface area contributed by atoms with Gasteiger partial charge in [-0.1, -0.05) is 30.3 Å². The van der Waals surface area contributed by atoms with Gasteiger partial charge in [0.25, 0.3) is 0 Å². The molecule has 2 heterocycles. The van der Waals surface area contributed by atoms with Crippen molar-refractivity contribution >= 4 is 11.8 Å². The molecular weight excluding hydrogens is 337 g/mol. The molecule has 0 bridgehead atoms. The van der Waals surface area contributed by atoms with Crippen LogP contribution in [0, 0.1) is 5.92 Å². The number of fused-ring (bicyclic) bond motifs is 3. The van der Waals surface area contributed by atoms with Crippen molar-refractivity contribution in [3.63, 3.8) is 0 Å². The van der Waals surface area contributed by atoms with E-state index in [0.717, 1.165) is 12.0 Å². The predicted octanol–water partition coefficient (Wildman–Crippen LogP) is 0.00140. The number of hydrogen-bond donors (Lipinski definition) is 4. The molecule has 5 unspecified atom stereocenters. The number of nitrogens with one attached hydrogen (secondary N) is 4. The van der Waals surface area contributed by atoms with E-state index in [1.807, 2.05) is 35.3 Å². The first-order valence-corrected chi connectivity index (χ1v) is 9.19. The third-order valence-corrected chi connectivity index (χ3v) is 5.54. The first-order valence-electron chi connectivity index (χ1n) is 9.19. The molecule has 26 heavy (non-hydrogen) atoms. The van der Waals surface area contributed by atoms with E-state index in [1.165, 1.54) is 0 Å². The van der Waals surface area contributed by atoms with Crippen LogP contribution in [0.4, 0.5) is 4.39 Å². The van der Waals surface area contributed by atoms with Gasteiger partial charge in [0, 0.05) is 12.6 Å². The number of benzene rings is 1. The van der Waals surface area contributed by atoms with Crippen molar-refractivity contribution in [2.24, 2.45) is 5.92 Å². The number of hydrazine groups is 2. The molecule has 1 aromatic rings. The average Bonchev–Trinajstić information content (AvgIpc) is 3.06. The second-order valence-corrected chi connectivity index (χ2v) is 7.21. The molecule has 0 radical (unpaired) electrons. The quantitative estimate of drug-likeness (QED) is 0.607. The molecule has 4 rings (SSSR count). The van der Waals surface area contributed by atoms with Crippen molar-refractivity contribution in [3.8, 4) is 0 Å². The number of nitrogens with zero attached hydrogens (tertiary/aromatic N) is 1. The molecule has 7 nitrogen and oxygen atoms in total. The van der Waals surface area contributed by atoms with Crippen molar-refractivity contribution in [1.82, 2.24) is 26.6 Å². The van der Waals surface area contributed by atoms with Crippen LogP contribution in [0.25, 0.3) is 0 Å². The van der Waals surface area contributed by atoms with Crippen molar-refractivity contribution in [2.45, 2.75) is 50.1 Å². The molecule has 2 aliphatic heterocycles. The Morgan fingerprint density at radius 1 is 1.27 bits per heavy atom. The number of alkyl halides is 1. The molecule has 1 aromatic carbocycles. The Kier molecular flexibility index (Phi) is 4.88. The lowest BCUT2D eigenvalue weighted by atomic mass is 9.80. The molecule has 1 aliphatic carbocycles. The predicted molar refractivity (Wildman–Crippen MR) is 93.0 cm³/mol. The third-order valence-electron chi connectivity index (χ3n) is 5.54. The normalized spacial score (nSPS) is 33.9. The van der Waals surface area contributed by atoms with E-state index in [1.54, 1.807) is 0 Å². The van der Waals surface area contributed by atoms with Crippen LogP contribution in [0.1, 0.15) is 24.8 Å². The Labute approximate surface area is 151 Å². The van der Waals surface area contributed by atoms with Crippen LogP contribution in [-0.4, -0.2) is 47.8 Å². The fraction of sp³-hybridized carbons (Fsp3) is 0.556. The molecule has 2 saturated heterocycles. The van der Waals surface area contributed by atoms with E-state index >= 15 is 0 Å². The van der Waals surface area contributed by atoms with Gasteiger partial charge in [0.15, 0.2) is 0 Å². The Morgan fingerprint density at radius 3 is 2.88 bits per heavy atom. The second-order valence-electron chi connectivity index (χ2n) is 7.21. The van der Waals surface area contributed by atoms with Crippen LogP contribution in [0.15, 0.2) is 30.3 Å². The monoisotopic (exact) mass is 361 g/mol. The van der Waals surface area contributed by atoms with Gasteiger partial charge in [-0.2, -0.15) is 5.53 Å². The molecule has 3 fully saturated rings. The molecule has 5 atom stereocenters. The molecule has 1 saturated carbocycles. The Morgan fingerprint density at radius 2 is 2.08 bits per heavy atom. The van der Waals surface area contributed by atoms with Gasteiger partial charge in [0.05, 0.1) is 5.92 Å². The maximum Gasteiger partial charge on any atom is 0.242 e. The summed E-state index contributed by atoms with van der Waals surface area (Å²) < 4.78 is 13.7. The summed E-state index contributed by atoms with van der Waals surface area (Å²) in [7, 11) is 0. The summed E-state index contributed by atoms with van der Waals surface area (Å²) in [5.74, 6) is -0.700. The lowest BCUT2D eigenvalue weighted by Gasteiger charge is -2.45. The van der Waals surface area contributed by atoms with E-state index in [9.17, 15) is 14.0 Å². The summed E-state index contributed by atoms with van der Waals surface area (Å²) in [4.78, 5) is 24.9. The van der Waals surface area contributed by atoms with E-state index in [2.05, 4.69) is 21.6 Å². The molecule has 140 valence electrons. The molecular formula is C18H24FN5O2. The topological polar surface area (TPSA) is 85.5 Å². The van der Waals surface area contributed by atoms with Gasteiger partial charge in [-0.05, 0) is 31.2 Å². The zero-order valence-electron chi connectivity index (χ0n) is 14.5. The second kappa shape index (κ2) is 7.30. The summed E-state index contributed by atoms with van der Waals surface area (Å²) in [5, 5.41) is 7.67. The SMILES string of the molecule is O=C1NC2C(C(=O)NCCc3ccccc3)NNN2C2CCC(F)CC12. The standard InChI is InChI=1S/C18H24FN5O2/c19-12-6-7-14-13(10-12)17(25)21-16-15(22-23-24(14)16)18(26)20-9-8-11-4-2-1-3-5-11/h1-5,12-16,22-23H,6-10H2,(H,20,26)(H,21,25).